The van der Waals surface area contributed by atoms with Gasteiger partial charge in [-0.2, -0.15) is 0 Å². The topological polar surface area (TPSA) is 26.3 Å². The number of carbonyl (C=O) groups is 1. The standard InChI is InChI=1S/C12H18GeO2/c1-4-13(5-2,15-3)12(14)11-9-7-6-8-10-11/h6-10H,4-5H2,1-3H3. The third-order valence-corrected chi connectivity index (χ3v) is 11.8. The Morgan fingerprint density at radius 3 is 2.13 bits per heavy atom. The second-order valence-corrected chi connectivity index (χ2v) is 12.5. The van der Waals surface area contributed by atoms with Crippen molar-refractivity contribution in [1.29, 1.82) is 0 Å². The predicted molar refractivity (Wildman–Crippen MR) is 64.5 cm³/mol. The van der Waals surface area contributed by atoms with Gasteiger partial charge < -0.3 is 0 Å². The molecule has 0 aromatic heterocycles. The van der Waals surface area contributed by atoms with Crippen molar-refractivity contribution in [2.45, 2.75) is 24.4 Å². The van der Waals surface area contributed by atoms with Gasteiger partial charge in [-0.25, -0.2) is 0 Å². The van der Waals surface area contributed by atoms with E-state index < -0.39 is 13.6 Å². The molecule has 0 aliphatic rings. The fraction of sp³-hybridized carbons (Fsp3) is 0.417. The van der Waals surface area contributed by atoms with Crippen LogP contribution in [-0.4, -0.2) is 25.3 Å². The van der Waals surface area contributed by atoms with Crippen molar-refractivity contribution in [2.24, 2.45) is 0 Å². The second kappa shape index (κ2) is 5.47. The first-order valence-electron chi connectivity index (χ1n) is 5.35. The van der Waals surface area contributed by atoms with Crippen LogP contribution in [-0.2, 0) is 3.76 Å². The second-order valence-electron chi connectivity index (χ2n) is 3.60. The Morgan fingerprint density at radius 2 is 1.73 bits per heavy atom. The summed E-state index contributed by atoms with van der Waals surface area (Å²) in [5, 5.41) is 1.78. The fourth-order valence-electron chi connectivity index (χ4n) is 1.81. The van der Waals surface area contributed by atoms with Crippen molar-refractivity contribution in [3.63, 3.8) is 0 Å². The third-order valence-electron chi connectivity index (χ3n) is 2.98. The molecule has 0 spiro atoms. The van der Waals surface area contributed by atoms with Crippen LogP contribution >= 0.6 is 0 Å². The van der Waals surface area contributed by atoms with E-state index in [4.69, 9.17) is 3.76 Å². The van der Waals surface area contributed by atoms with E-state index >= 15 is 0 Å². The van der Waals surface area contributed by atoms with Gasteiger partial charge in [0.1, 0.15) is 0 Å². The van der Waals surface area contributed by atoms with E-state index in [1.54, 1.807) is 7.11 Å². The van der Waals surface area contributed by atoms with Gasteiger partial charge in [0.2, 0.25) is 0 Å². The van der Waals surface area contributed by atoms with Crippen molar-refractivity contribution in [3.05, 3.63) is 35.9 Å². The van der Waals surface area contributed by atoms with Gasteiger partial charge in [0.05, 0.1) is 0 Å². The Labute approximate surface area is 94.3 Å². The maximum absolute atomic E-state index is 12.3. The molecule has 0 heterocycles. The first kappa shape index (κ1) is 12.5. The number of benzene rings is 1. The van der Waals surface area contributed by atoms with E-state index in [1.807, 2.05) is 30.3 Å². The molecule has 15 heavy (non-hydrogen) atoms. The van der Waals surface area contributed by atoms with Gasteiger partial charge in [-0.05, 0) is 0 Å². The number of hydrogen-bond acceptors (Lipinski definition) is 2. The minimum atomic E-state index is -2.74. The molecule has 0 bridgehead atoms. The molecule has 0 unspecified atom stereocenters. The van der Waals surface area contributed by atoms with E-state index in [1.165, 1.54) is 0 Å². The zero-order chi connectivity index (χ0) is 11.3. The molecular formula is C12H18GeO2. The molecule has 1 aromatic rings. The van der Waals surface area contributed by atoms with Crippen LogP contribution in [0.1, 0.15) is 24.2 Å². The van der Waals surface area contributed by atoms with Gasteiger partial charge in [-0.15, -0.1) is 0 Å². The quantitative estimate of drug-likeness (QED) is 0.766. The molecule has 3 heteroatoms. The molecule has 0 amide bonds. The van der Waals surface area contributed by atoms with Crippen LogP contribution in [0.15, 0.2) is 30.3 Å². The average molecular weight is 267 g/mol. The molecule has 1 aromatic carbocycles. The molecule has 1 rings (SSSR count). The molecule has 0 aliphatic heterocycles. The molecule has 82 valence electrons. The first-order chi connectivity index (χ1) is 7.20. The predicted octanol–water partition coefficient (Wildman–Crippen LogP) is 3.04. The van der Waals surface area contributed by atoms with Crippen LogP contribution in [0.3, 0.4) is 0 Å². The summed E-state index contributed by atoms with van der Waals surface area (Å²) in [6, 6.07) is 9.50. The maximum atomic E-state index is 12.3. The number of carbonyl (C=O) groups excluding carboxylic acids is 1. The molecule has 0 saturated heterocycles. The monoisotopic (exact) mass is 268 g/mol. The Hall–Kier alpha value is -0.607. The number of hydrogen-bond donors (Lipinski definition) is 0. The zero-order valence-electron chi connectivity index (χ0n) is 9.62. The van der Waals surface area contributed by atoms with Gasteiger partial charge in [-0.1, -0.05) is 0 Å². The van der Waals surface area contributed by atoms with Crippen molar-refractivity contribution in [2.75, 3.05) is 7.11 Å². The third kappa shape index (κ3) is 2.50. The van der Waals surface area contributed by atoms with Crippen LogP contribution in [0.4, 0.5) is 0 Å². The van der Waals surface area contributed by atoms with Crippen molar-refractivity contribution in [1.82, 2.24) is 0 Å². The molecule has 0 saturated carbocycles. The van der Waals surface area contributed by atoms with Crippen LogP contribution in [0, 0.1) is 0 Å². The summed E-state index contributed by atoms with van der Waals surface area (Å²) in [6.45, 7) is 4.13. The summed E-state index contributed by atoms with van der Waals surface area (Å²) in [6.07, 6.45) is 0. The average Bonchev–Trinajstić information content (AvgIpc) is 2.33. The van der Waals surface area contributed by atoms with Crippen molar-refractivity contribution in [3.8, 4) is 0 Å². The van der Waals surface area contributed by atoms with Crippen LogP contribution in [0.25, 0.3) is 0 Å². The summed E-state index contributed by atoms with van der Waals surface area (Å²) in [5.41, 5.74) is 0.808. The van der Waals surface area contributed by atoms with Gasteiger partial charge in [0, 0.05) is 0 Å². The Kier molecular flexibility index (Phi) is 4.54. The molecule has 0 atom stereocenters. The number of rotatable bonds is 5. The fourth-order valence-corrected chi connectivity index (χ4v) is 7.26. The van der Waals surface area contributed by atoms with E-state index in [0.717, 1.165) is 16.1 Å². The molecule has 2 nitrogen and oxygen atoms in total. The summed E-state index contributed by atoms with van der Waals surface area (Å²) >= 11 is -2.74. The van der Waals surface area contributed by atoms with E-state index in [0.29, 0.717) is 0 Å². The zero-order valence-corrected chi connectivity index (χ0v) is 11.7. The molecule has 0 radical (unpaired) electrons. The van der Waals surface area contributed by atoms with Crippen molar-refractivity contribution < 1.29 is 8.56 Å². The van der Waals surface area contributed by atoms with Crippen LogP contribution < -0.4 is 0 Å². The Bertz CT molecular complexity index is 309. The van der Waals surface area contributed by atoms with Gasteiger partial charge in [0.15, 0.2) is 0 Å². The normalized spacial score (nSPS) is 11.4. The summed E-state index contributed by atoms with van der Waals surface area (Å²) in [7, 11) is 1.69. The molecule has 0 N–H and O–H groups in total. The summed E-state index contributed by atoms with van der Waals surface area (Å²) < 4.78 is 5.86. The minimum absolute atomic E-state index is 0.267. The summed E-state index contributed by atoms with van der Waals surface area (Å²) in [4.78, 5) is 12.3. The SMILES string of the molecule is C[CH2][Ge]([CH2]C)([O]C)[C](=O)c1ccccc1. The van der Waals surface area contributed by atoms with Crippen LogP contribution in [0.5, 0.6) is 0 Å². The Morgan fingerprint density at radius 1 is 1.20 bits per heavy atom. The van der Waals surface area contributed by atoms with Crippen LogP contribution in [0.2, 0.25) is 10.5 Å². The molecule has 0 aliphatic carbocycles. The van der Waals surface area contributed by atoms with Gasteiger partial charge in [-0.3, -0.25) is 0 Å². The van der Waals surface area contributed by atoms with Crippen molar-refractivity contribution >= 4 is 18.2 Å². The molecule has 0 fully saturated rings. The van der Waals surface area contributed by atoms with E-state index in [9.17, 15) is 4.79 Å². The molecular weight excluding hydrogens is 249 g/mol. The first-order valence-corrected chi connectivity index (χ1v) is 10.2. The van der Waals surface area contributed by atoms with E-state index in [2.05, 4.69) is 13.8 Å². The van der Waals surface area contributed by atoms with Gasteiger partial charge in [0.25, 0.3) is 0 Å². The van der Waals surface area contributed by atoms with Gasteiger partial charge >= 0.3 is 94.1 Å². The Balaban J connectivity index is 3.01. The van der Waals surface area contributed by atoms with E-state index in [-0.39, 0.29) is 4.62 Å². The summed E-state index contributed by atoms with van der Waals surface area (Å²) in [5.74, 6) is 0.